The quantitative estimate of drug-likeness (QED) is 0.473. The van der Waals surface area contributed by atoms with Crippen LogP contribution in [0, 0.1) is 5.92 Å². The number of aryl methyl sites for hydroxylation is 3. The van der Waals surface area contributed by atoms with Crippen LogP contribution in [0.25, 0.3) is 0 Å². The lowest BCUT2D eigenvalue weighted by atomic mass is 9.88. The minimum absolute atomic E-state index is 0. The van der Waals surface area contributed by atoms with E-state index in [0.29, 0.717) is 0 Å². The van der Waals surface area contributed by atoms with Crippen LogP contribution in [0.4, 0.5) is 0 Å². The van der Waals surface area contributed by atoms with Gasteiger partial charge < -0.3 is 0 Å². The molecule has 1 saturated carbocycles. The first-order chi connectivity index (χ1) is 12.8. The highest BCUT2D eigenvalue weighted by Gasteiger charge is 2.09. The molecular formula is C26H40. The Bertz CT molecular complexity index is 567. The summed E-state index contributed by atoms with van der Waals surface area (Å²) in [6.07, 6.45) is 15.0. The first kappa shape index (κ1) is 20.7. The molecule has 0 atom stereocenters. The molecule has 0 nitrogen and oxygen atoms in total. The maximum atomic E-state index is 2.32. The van der Waals surface area contributed by atoms with Crippen LogP contribution in [-0.4, -0.2) is 0 Å². The molecule has 3 rings (SSSR count). The van der Waals surface area contributed by atoms with E-state index in [0.717, 1.165) is 5.92 Å². The number of hydrogen-bond acceptors (Lipinski definition) is 0. The van der Waals surface area contributed by atoms with Gasteiger partial charge in [-0.1, -0.05) is 113 Å². The minimum atomic E-state index is 0. The fourth-order valence-electron chi connectivity index (χ4n) is 3.90. The summed E-state index contributed by atoms with van der Waals surface area (Å²) in [7, 11) is 0. The van der Waals surface area contributed by atoms with Crippen LogP contribution in [0.2, 0.25) is 0 Å². The van der Waals surface area contributed by atoms with Gasteiger partial charge in [0, 0.05) is 1.43 Å². The zero-order valence-corrected chi connectivity index (χ0v) is 17.1. The summed E-state index contributed by atoms with van der Waals surface area (Å²) in [4.78, 5) is 0. The summed E-state index contributed by atoms with van der Waals surface area (Å²) in [5.74, 6) is 1.09. The number of hydrogen-bond donors (Lipinski definition) is 0. The smallest absolute Gasteiger partial charge is 0 e. The Labute approximate surface area is 163 Å². The summed E-state index contributed by atoms with van der Waals surface area (Å²) in [6, 6.07) is 19.9. The first-order valence-electron chi connectivity index (χ1n) is 10.9. The average molecular weight is 353 g/mol. The predicted octanol–water partition coefficient (Wildman–Crippen LogP) is 8.04. The molecule has 26 heavy (non-hydrogen) atoms. The van der Waals surface area contributed by atoms with Crippen LogP contribution >= 0.6 is 0 Å². The molecule has 0 saturated heterocycles. The van der Waals surface area contributed by atoms with Gasteiger partial charge in [-0.15, -0.1) is 0 Å². The Kier molecular flexibility index (Phi) is 10.2. The lowest BCUT2D eigenvalue weighted by Gasteiger charge is -2.18. The molecule has 144 valence electrons. The van der Waals surface area contributed by atoms with Crippen LogP contribution < -0.4 is 0 Å². The molecule has 1 aliphatic rings. The molecule has 0 unspecified atom stereocenters. The van der Waals surface area contributed by atoms with E-state index in [9.17, 15) is 0 Å². The van der Waals surface area contributed by atoms with Gasteiger partial charge in [0.2, 0.25) is 0 Å². The Morgan fingerprint density at radius 3 is 1.73 bits per heavy atom. The van der Waals surface area contributed by atoms with E-state index in [1.807, 2.05) is 0 Å². The van der Waals surface area contributed by atoms with Gasteiger partial charge >= 0.3 is 0 Å². The van der Waals surface area contributed by atoms with E-state index in [1.165, 1.54) is 87.3 Å². The van der Waals surface area contributed by atoms with Gasteiger partial charge in [-0.25, -0.2) is 0 Å². The van der Waals surface area contributed by atoms with E-state index in [-0.39, 0.29) is 1.43 Å². The number of rotatable bonds is 7. The van der Waals surface area contributed by atoms with E-state index in [2.05, 4.69) is 68.4 Å². The van der Waals surface area contributed by atoms with Crippen molar-refractivity contribution in [2.45, 2.75) is 84.5 Å². The largest absolute Gasteiger partial charge is 0.0651 e. The third-order valence-electron chi connectivity index (χ3n) is 5.64. The maximum absolute atomic E-state index is 2.32. The molecule has 0 radical (unpaired) electrons. The van der Waals surface area contributed by atoms with E-state index in [1.54, 1.807) is 0 Å². The molecule has 0 amide bonds. The molecule has 1 aliphatic carbocycles. The van der Waals surface area contributed by atoms with Gasteiger partial charge in [0.15, 0.2) is 0 Å². The second-order valence-corrected chi connectivity index (χ2v) is 7.82. The van der Waals surface area contributed by atoms with Crippen molar-refractivity contribution in [3.05, 3.63) is 71.3 Å². The minimum Gasteiger partial charge on any atom is -0.0651 e. The van der Waals surface area contributed by atoms with Gasteiger partial charge in [-0.2, -0.15) is 0 Å². The summed E-state index contributed by atoms with van der Waals surface area (Å²) in [5, 5.41) is 0. The van der Waals surface area contributed by atoms with Gasteiger partial charge in [-0.05, 0) is 48.3 Å². The standard InChI is InChI=1S/C18H22.C8H16.H2/c1-2-7-16-12-14-18(15-13-16)11-6-10-17-8-4-3-5-9-17;1-2-8-6-4-3-5-7-8;/h3-5,8-9,12-15H,2,6-7,10-11H2,1H3;8H,2-7H2,1H3;1H. The van der Waals surface area contributed by atoms with Crippen LogP contribution in [0.15, 0.2) is 54.6 Å². The summed E-state index contributed by atoms with van der Waals surface area (Å²) in [6.45, 7) is 4.55. The zero-order chi connectivity index (χ0) is 18.5. The Morgan fingerprint density at radius 2 is 1.23 bits per heavy atom. The molecular weight excluding hydrogens is 312 g/mol. The maximum Gasteiger partial charge on any atom is 0 e. The summed E-state index contributed by atoms with van der Waals surface area (Å²) < 4.78 is 0. The fraction of sp³-hybridized carbons (Fsp3) is 0.538. The lowest BCUT2D eigenvalue weighted by molar-refractivity contribution is 0.349. The van der Waals surface area contributed by atoms with Crippen molar-refractivity contribution in [1.29, 1.82) is 0 Å². The van der Waals surface area contributed by atoms with Crippen molar-refractivity contribution in [3.63, 3.8) is 0 Å². The monoisotopic (exact) mass is 352 g/mol. The zero-order valence-electron chi connectivity index (χ0n) is 17.1. The molecule has 0 aliphatic heterocycles. The average Bonchev–Trinajstić information content (AvgIpc) is 2.71. The van der Waals surface area contributed by atoms with Crippen LogP contribution in [0.1, 0.15) is 83.3 Å². The fourth-order valence-corrected chi connectivity index (χ4v) is 3.90. The second kappa shape index (κ2) is 12.7. The van der Waals surface area contributed by atoms with E-state index in [4.69, 9.17) is 0 Å². The molecule has 0 heteroatoms. The SMILES string of the molecule is CCC1CCCCC1.CCCc1ccc(CCCc2ccccc2)cc1.[HH]. The molecule has 0 aromatic heterocycles. The molecule has 0 spiro atoms. The topological polar surface area (TPSA) is 0 Å². The summed E-state index contributed by atoms with van der Waals surface area (Å²) in [5.41, 5.74) is 4.37. The van der Waals surface area contributed by atoms with E-state index < -0.39 is 0 Å². The highest BCUT2D eigenvalue weighted by Crippen LogP contribution is 2.25. The van der Waals surface area contributed by atoms with Crippen molar-refractivity contribution >= 4 is 0 Å². The summed E-state index contributed by atoms with van der Waals surface area (Å²) >= 11 is 0. The van der Waals surface area contributed by atoms with Crippen molar-refractivity contribution < 1.29 is 1.43 Å². The lowest BCUT2D eigenvalue weighted by Crippen LogP contribution is -2.03. The van der Waals surface area contributed by atoms with Gasteiger partial charge in [-0.3, -0.25) is 0 Å². The molecule has 2 aromatic carbocycles. The van der Waals surface area contributed by atoms with Crippen molar-refractivity contribution in [2.75, 3.05) is 0 Å². The normalized spacial score (nSPS) is 14.5. The third-order valence-corrected chi connectivity index (χ3v) is 5.64. The predicted molar refractivity (Wildman–Crippen MR) is 118 cm³/mol. The van der Waals surface area contributed by atoms with Crippen molar-refractivity contribution in [2.24, 2.45) is 5.92 Å². The van der Waals surface area contributed by atoms with E-state index >= 15 is 0 Å². The molecule has 1 fully saturated rings. The van der Waals surface area contributed by atoms with Crippen LogP contribution in [0.3, 0.4) is 0 Å². The van der Waals surface area contributed by atoms with Crippen molar-refractivity contribution in [1.82, 2.24) is 0 Å². The van der Waals surface area contributed by atoms with Crippen LogP contribution in [-0.2, 0) is 19.3 Å². The molecule has 0 N–H and O–H groups in total. The second-order valence-electron chi connectivity index (χ2n) is 7.82. The van der Waals surface area contributed by atoms with Gasteiger partial charge in [0.1, 0.15) is 0 Å². The van der Waals surface area contributed by atoms with Crippen LogP contribution in [0.5, 0.6) is 0 Å². The van der Waals surface area contributed by atoms with Crippen molar-refractivity contribution in [3.8, 4) is 0 Å². The highest BCUT2D eigenvalue weighted by molar-refractivity contribution is 5.23. The Balaban J connectivity index is 0.000000342. The highest BCUT2D eigenvalue weighted by atomic mass is 14.2. The third kappa shape index (κ3) is 8.21. The molecule has 2 aromatic rings. The first-order valence-corrected chi connectivity index (χ1v) is 10.9. The van der Waals surface area contributed by atoms with Gasteiger partial charge in [0.05, 0.1) is 0 Å². The Hall–Kier alpha value is -1.56. The van der Waals surface area contributed by atoms with Gasteiger partial charge in [0.25, 0.3) is 0 Å². The number of benzene rings is 2. The Morgan fingerprint density at radius 1 is 0.692 bits per heavy atom. The molecule has 0 heterocycles. The molecule has 0 bridgehead atoms.